The van der Waals surface area contributed by atoms with Crippen LogP contribution in [0.15, 0.2) is 36.5 Å². The van der Waals surface area contributed by atoms with Gasteiger partial charge < -0.3 is 15.2 Å². The minimum Gasteiger partial charge on any atom is -0.357 e. The third-order valence-corrected chi connectivity index (χ3v) is 4.04. The first-order valence-electron chi connectivity index (χ1n) is 7.58. The lowest BCUT2D eigenvalue weighted by Crippen LogP contribution is -2.52. The van der Waals surface area contributed by atoms with Crippen LogP contribution in [0.4, 0.5) is 10.1 Å². The Balaban J connectivity index is 1.77. The van der Waals surface area contributed by atoms with Crippen molar-refractivity contribution in [3.05, 3.63) is 53.6 Å². The Hall–Kier alpha value is -2.63. The van der Waals surface area contributed by atoms with Crippen molar-refractivity contribution in [1.82, 2.24) is 10.3 Å². The molecule has 2 heterocycles. The van der Waals surface area contributed by atoms with E-state index in [1.54, 1.807) is 36.2 Å². The highest BCUT2D eigenvalue weighted by Crippen LogP contribution is 2.25. The highest BCUT2D eigenvalue weighted by Gasteiger charge is 2.31. The van der Waals surface area contributed by atoms with Crippen LogP contribution in [0.1, 0.15) is 28.9 Å². The molecule has 1 atom stereocenters. The standard InChI is InChI=1S/C17H18FN3O2/c1-11-10-12(18)6-7-15(11)21-9-3-5-14(17(21)23)20-16(22)13-4-2-8-19-13/h2,4,6-8,10,14,19H,3,5,9H2,1H3,(H,20,22). The van der Waals surface area contributed by atoms with Crippen molar-refractivity contribution in [2.75, 3.05) is 11.4 Å². The van der Waals surface area contributed by atoms with Gasteiger partial charge in [-0.3, -0.25) is 9.59 Å². The van der Waals surface area contributed by atoms with Gasteiger partial charge in [-0.05, 0) is 55.7 Å². The predicted molar refractivity (Wildman–Crippen MR) is 84.8 cm³/mol. The van der Waals surface area contributed by atoms with Gasteiger partial charge in [0, 0.05) is 18.4 Å². The number of benzene rings is 1. The number of piperidine rings is 1. The number of carbonyl (C=O) groups excluding carboxylic acids is 2. The highest BCUT2D eigenvalue weighted by molar-refractivity contribution is 6.02. The molecular formula is C17H18FN3O2. The van der Waals surface area contributed by atoms with Gasteiger partial charge in [0.05, 0.1) is 0 Å². The van der Waals surface area contributed by atoms with Crippen molar-refractivity contribution in [3.63, 3.8) is 0 Å². The largest absolute Gasteiger partial charge is 0.357 e. The summed E-state index contributed by atoms with van der Waals surface area (Å²) in [7, 11) is 0. The Morgan fingerprint density at radius 2 is 2.22 bits per heavy atom. The maximum absolute atomic E-state index is 13.3. The third kappa shape index (κ3) is 3.11. The zero-order valence-corrected chi connectivity index (χ0v) is 12.8. The van der Waals surface area contributed by atoms with E-state index in [2.05, 4.69) is 10.3 Å². The SMILES string of the molecule is Cc1cc(F)ccc1N1CCCC(NC(=O)c2ccc[nH]2)C1=O. The molecule has 1 fully saturated rings. The zero-order valence-electron chi connectivity index (χ0n) is 12.8. The zero-order chi connectivity index (χ0) is 16.4. The van der Waals surface area contributed by atoms with E-state index in [4.69, 9.17) is 0 Å². The molecule has 1 unspecified atom stereocenters. The molecule has 1 saturated heterocycles. The maximum Gasteiger partial charge on any atom is 0.268 e. The van der Waals surface area contributed by atoms with Gasteiger partial charge in [-0.15, -0.1) is 0 Å². The molecule has 3 rings (SSSR count). The van der Waals surface area contributed by atoms with Crippen LogP contribution in [-0.4, -0.2) is 29.4 Å². The van der Waals surface area contributed by atoms with Gasteiger partial charge in [0.1, 0.15) is 17.6 Å². The van der Waals surface area contributed by atoms with Crippen LogP contribution in [0.5, 0.6) is 0 Å². The molecular weight excluding hydrogens is 297 g/mol. The molecule has 6 heteroatoms. The summed E-state index contributed by atoms with van der Waals surface area (Å²) >= 11 is 0. The monoisotopic (exact) mass is 315 g/mol. The van der Waals surface area contributed by atoms with Crippen molar-refractivity contribution < 1.29 is 14.0 Å². The van der Waals surface area contributed by atoms with Gasteiger partial charge in [-0.2, -0.15) is 0 Å². The first kappa shape index (κ1) is 15.3. The highest BCUT2D eigenvalue weighted by atomic mass is 19.1. The summed E-state index contributed by atoms with van der Waals surface area (Å²) in [5, 5.41) is 2.77. The Labute approximate surface area is 133 Å². The molecule has 0 aliphatic carbocycles. The van der Waals surface area contributed by atoms with Gasteiger partial charge in [-0.1, -0.05) is 0 Å². The van der Waals surface area contributed by atoms with E-state index in [0.717, 1.165) is 6.42 Å². The van der Waals surface area contributed by atoms with Crippen molar-refractivity contribution in [3.8, 4) is 0 Å². The number of aryl methyl sites for hydroxylation is 1. The first-order chi connectivity index (χ1) is 11.1. The van der Waals surface area contributed by atoms with Crippen LogP contribution in [0.25, 0.3) is 0 Å². The van der Waals surface area contributed by atoms with Crippen molar-refractivity contribution >= 4 is 17.5 Å². The van der Waals surface area contributed by atoms with Crippen LogP contribution < -0.4 is 10.2 Å². The molecule has 0 spiro atoms. The van der Waals surface area contributed by atoms with E-state index in [9.17, 15) is 14.0 Å². The Morgan fingerprint density at radius 3 is 2.91 bits per heavy atom. The number of rotatable bonds is 3. The van der Waals surface area contributed by atoms with Gasteiger partial charge in [0.2, 0.25) is 5.91 Å². The molecule has 2 N–H and O–H groups in total. The fraction of sp³-hybridized carbons (Fsp3) is 0.294. The third-order valence-electron chi connectivity index (χ3n) is 4.04. The number of H-pyrrole nitrogens is 1. The molecule has 1 aliphatic heterocycles. The average molecular weight is 315 g/mol. The second-order valence-corrected chi connectivity index (χ2v) is 5.67. The molecule has 0 radical (unpaired) electrons. The number of aromatic nitrogens is 1. The first-order valence-corrected chi connectivity index (χ1v) is 7.58. The topological polar surface area (TPSA) is 65.2 Å². The molecule has 0 bridgehead atoms. The quantitative estimate of drug-likeness (QED) is 0.913. The number of anilines is 1. The molecule has 2 aromatic rings. The molecule has 0 saturated carbocycles. The van der Waals surface area contributed by atoms with Crippen LogP contribution in [0.3, 0.4) is 0 Å². The van der Waals surface area contributed by atoms with Crippen molar-refractivity contribution in [1.29, 1.82) is 0 Å². The molecule has 1 aliphatic rings. The molecule has 2 amide bonds. The number of aromatic amines is 1. The van der Waals surface area contributed by atoms with Gasteiger partial charge in [0.25, 0.3) is 5.91 Å². The van der Waals surface area contributed by atoms with E-state index in [1.165, 1.54) is 12.1 Å². The fourth-order valence-electron chi connectivity index (χ4n) is 2.88. The van der Waals surface area contributed by atoms with Gasteiger partial charge in [0.15, 0.2) is 0 Å². The number of nitrogens with zero attached hydrogens (tertiary/aromatic N) is 1. The second kappa shape index (κ2) is 6.24. The lowest BCUT2D eigenvalue weighted by Gasteiger charge is -2.33. The summed E-state index contributed by atoms with van der Waals surface area (Å²) in [4.78, 5) is 29.2. The lowest BCUT2D eigenvalue weighted by atomic mass is 10.0. The van der Waals surface area contributed by atoms with Crippen LogP contribution in [0.2, 0.25) is 0 Å². The van der Waals surface area contributed by atoms with Gasteiger partial charge in [-0.25, -0.2) is 4.39 Å². The number of hydrogen-bond donors (Lipinski definition) is 2. The summed E-state index contributed by atoms with van der Waals surface area (Å²) in [5.74, 6) is -0.788. The van der Waals surface area contributed by atoms with E-state index >= 15 is 0 Å². The smallest absolute Gasteiger partial charge is 0.268 e. The number of hydrogen-bond acceptors (Lipinski definition) is 2. The van der Waals surface area contributed by atoms with Crippen LogP contribution in [0, 0.1) is 12.7 Å². The molecule has 23 heavy (non-hydrogen) atoms. The lowest BCUT2D eigenvalue weighted by molar-refractivity contribution is -0.121. The van der Waals surface area contributed by atoms with E-state index < -0.39 is 6.04 Å². The van der Waals surface area contributed by atoms with Crippen molar-refractivity contribution in [2.24, 2.45) is 0 Å². The minimum absolute atomic E-state index is 0.161. The Morgan fingerprint density at radius 1 is 1.39 bits per heavy atom. The van der Waals surface area contributed by atoms with E-state index in [-0.39, 0.29) is 17.6 Å². The number of carbonyl (C=O) groups is 2. The number of amides is 2. The Bertz CT molecular complexity index is 727. The predicted octanol–water partition coefficient (Wildman–Crippen LogP) is 2.39. The Kier molecular flexibility index (Phi) is 4.14. The molecule has 5 nitrogen and oxygen atoms in total. The summed E-state index contributed by atoms with van der Waals surface area (Å²) < 4.78 is 13.3. The molecule has 1 aromatic heterocycles. The second-order valence-electron chi connectivity index (χ2n) is 5.67. The summed E-state index contributed by atoms with van der Waals surface area (Å²) in [6.45, 7) is 2.34. The summed E-state index contributed by atoms with van der Waals surface area (Å²) in [6.07, 6.45) is 3.03. The van der Waals surface area contributed by atoms with E-state index in [0.29, 0.717) is 29.9 Å². The normalized spacial score (nSPS) is 18.1. The average Bonchev–Trinajstić information content (AvgIpc) is 3.04. The van der Waals surface area contributed by atoms with Gasteiger partial charge >= 0.3 is 0 Å². The number of halogens is 1. The minimum atomic E-state index is -0.566. The fourth-order valence-corrected chi connectivity index (χ4v) is 2.88. The molecule has 1 aromatic carbocycles. The van der Waals surface area contributed by atoms with Crippen LogP contribution >= 0.6 is 0 Å². The van der Waals surface area contributed by atoms with Crippen LogP contribution in [-0.2, 0) is 4.79 Å². The molecule has 120 valence electrons. The van der Waals surface area contributed by atoms with Crippen molar-refractivity contribution in [2.45, 2.75) is 25.8 Å². The number of nitrogens with one attached hydrogen (secondary N) is 2. The summed E-state index contributed by atoms with van der Waals surface area (Å²) in [6, 6.07) is 7.18. The van der Waals surface area contributed by atoms with E-state index in [1.807, 2.05) is 0 Å². The maximum atomic E-state index is 13.3. The summed E-state index contributed by atoms with van der Waals surface area (Å²) in [5.41, 5.74) is 1.82.